The van der Waals surface area contributed by atoms with Gasteiger partial charge in [0.2, 0.25) is 0 Å². The molecule has 1 aromatic heterocycles. The number of aromatic nitrogens is 2. The lowest BCUT2D eigenvalue weighted by molar-refractivity contribution is 0.0953. The van der Waals surface area contributed by atoms with Gasteiger partial charge in [0.25, 0.3) is 5.91 Å². The lowest BCUT2D eigenvalue weighted by Gasteiger charge is -2.12. The van der Waals surface area contributed by atoms with Crippen LogP contribution in [-0.4, -0.2) is 22.0 Å². The van der Waals surface area contributed by atoms with Gasteiger partial charge in [0, 0.05) is 25.1 Å². The van der Waals surface area contributed by atoms with Crippen molar-refractivity contribution in [2.45, 2.75) is 53.0 Å². The molecule has 1 heterocycles. The molecular formula is C24H31N3O. The standard InChI is InChI=1S/C24H31N3O/c1-18(2)17-27-22-10-7-6-9-21(22)26-23(27)11-5-4-8-16-25-24(28)20-14-12-19(3)13-15-20/h6-7,9-10,12-15,18H,4-5,8,11,16-17H2,1-3H3,(H,25,28). The number of amides is 1. The molecule has 4 nitrogen and oxygen atoms in total. The van der Waals surface area contributed by atoms with Crippen molar-refractivity contribution in [3.8, 4) is 0 Å². The van der Waals surface area contributed by atoms with Crippen molar-refractivity contribution in [1.82, 2.24) is 14.9 Å². The average molecular weight is 378 g/mol. The Morgan fingerprint density at radius 3 is 2.54 bits per heavy atom. The second-order valence-electron chi connectivity index (χ2n) is 7.95. The molecule has 0 aliphatic rings. The predicted molar refractivity (Wildman–Crippen MR) is 116 cm³/mol. The molecule has 3 rings (SSSR count). The van der Waals surface area contributed by atoms with E-state index in [1.54, 1.807) is 0 Å². The molecule has 0 fully saturated rings. The van der Waals surface area contributed by atoms with E-state index in [9.17, 15) is 4.79 Å². The van der Waals surface area contributed by atoms with Gasteiger partial charge in [-0.25, -0.2) is 4.98 Å². The number of fused-ring (bicyclic) bond motifs is 1. The van der Waals surface area contributed by atoms with E-state index < -0.39 is 0 Å². The Labute approximate surface area is 168 Å². The van der Waals surface area contributed by atoms with Gasteiger partial charge >= 0.3 is 0 Å². The van der Waals surface area contributed by atoms with Crippen molar-refractivity contribution in [3.05, 3.63) is 65.5 Å². The van der Waals surface area contributed by atoms with Gasteiger partial charge in [-0.1, -0.05) is 50.1 Å². The SMILES string of the molecule is Cc1ccc(C(=O)NCCCCCc2nc3ccccc3n2CC(C)C)cc1. The Hall–Kier alpha value is -2.62. The Kier molecular flexibility index (Phi) is 6.85. The summed E-state index contributed by atoms with van der Waals surface area (Å²) in [5.41, 5.74) is 4.22. The first-order valence-corrected chi connectivity index (χ1v) is 10.3. The average Bonchev–Trinajstić information content (AvgIpc) is 3.02. The normalized spacial score (nSPS) is 11.3. The van der Waals surface area contributed by atoms with Crippen LogP contribution in [0.15, 0.2) is 48.5 Å². The van der Waals surface area contributed by atoms with Crippen molar-refractivity contribution in [2.24, 2.45) is 5.92 Å². The molecule has 0 saturated heterocycles. The van der Waals surface area contributed by atoms with Crippen LogP contribution in [0.4, 0.5) is 0 Å². The number of carbonyl (C=O) groups is 1. The molecule has 0 unspecified atom stereocenters. The van der Waals surface area contributed by atoms with E-state index in [1.807, 2.05) is 31.2 Å². The summed E-state index contributed by atoms with van der Waals surface area (Å²) in [4.78, 5) is 17.0. The van der Waals surface area contributed by atoms with Gasteiger partial charge in [-0.2, -0.15) is 0 Å². The Balaban J connectivity index is 1.46. The van der Waals surface area contributed by atoms with Crippen molar-refractivity contribution in [3.63, 3.8) is 0 Å². The van der Waals surface area contributed by atoms with Crippen molar-refractivity contribution >= 4 is 16.9 Å². The third-order valence-corrected chi connectivity index (χ3v) is 4.96. The van der Waals surface area contributed by atoms with Gasteiger partial charge < -0.3 is 9.88 Å². The lowest BCUT2D eigenvalue weighted by Crippen LogP contribution is -2.24. The number of hydrogen-bond acceptors (Lipinski definition) is 2. The van der Waals surface area contributed by atoms with Gasteiger partial charge in [-0.3, -0.25) is 4.79 Å². The van der Waals surface area contributed by atoms with Crippen LogP contribution in [0.25, 0.3) is 11.0 Å². The van der Waals surface area contributed by atoms with Gasteiger partial charge in [0.1, 0.15) is 5.82 Å². The van der Waals surface area contributed by atoms with E-state index in [2.05, 4.69) is 48.0 Å². The topological polar surface area (TPSA) is 46.9 Å². The molecule has 0 atom stereocenters. The van der Waals surface area contributed by atoms with E-state index in [1.165, 1.54) is 16.9 Å². The fourth-order valence-corrected chi connectivity index (χ4v) is 3.48. The highest BCUT2D eigenvalue weighted by Crippen LogP contribution is 2.19. The monoisotopic (exact) mass is 377 g/mol. The molecule has 0 aliphatic heterocycles. The number of benzene rings is 2. The quantitative estimate of drug-likeness (QED) is 0.525. The maximum atomic E-state index is 12.1. The number of nitrogens with one attached hydrogen (secondary N) is 1. The zero-order valence-electron chi connectivity index (χ0n) is 17.2. The molecule has 2 aromatic carbocycles. The third-order valence-electron chi connectivity index (χ3n) is 4.96. The Morgan fingerprint density at radius 2 is 1.79 bits per heavy atom. The van der Waals surface area contributed by atoms with E-state index >= 15 is 0 Å². The number of nitrogens with zero attached hydrogens (tertiary/aromatic N) is 2. The van der Waals surface area contributed by atoms with Crippen molar-refractivity contribution in [1.29, 1.82) is 0 Å². The summed E-state index contributed by atoms with van der Waals surface area (Å²) >= 11 is 0. The first-order chi connectivity index (χ1) is 13.5. The molecule has 0 radical (unpaired) electrons. The highest BCUT2D eigenvalue weighted by Gasteiger charge is 2.11. The molecule has 28 heavy (non-hydrogen) atoms. The third kappa shape index (κ3) is 5.22. The van der Waals surface area contributed by atoms with Crippen LogP contribution in [0.2, 0.25) is 0 Å². The van der Waals surface area contributed by atoms with E-state index in [0.717, 1.165) is 49.9 Å². The fraction of sp³-hybridized carbons (Fsp3) is 0.417. The molecule has 0 saturated carbocycles. The largest absolute Gasteiger partial charge is 0.352 e. The highest BCUT2D eigenvalue weighted by molar-refractivity contribution is 5.94. The maximum Gasteiger partial charge on any atom is 0.251 e. The first-order valence-electron chi connectivity index (χ1n) is 10.3. The van der Waals surface area contributed by atoms with Crippen molar-refractivity contribution < 1.29 is 4.79 Å². The Morgan fingerprint density at radius 1 is 1.04 bits per heavy atom. The molecule has 1 amide bonds. The predicted octanol–water partition coefficient (Wildman–Crippen LogP) is 5.14. The minimum Gasteiger partial charge on any atom is -0.352 e. The summed E-state index contributed by atoms with van der Waals surface area (Å²) in [6, 6.07) is 16.1. The molecule has 0 aliphatic carbocycles. The van der Waals surface area contributed by atoms with Crippen LogP contribution in [0.1, 0.15) is 54.9 Å². The molecule has 148 valence electrons. The van der Waals surface area contributed by atoms with E-state index in [0.29, 0.717) is 5.92 Å². The molecule has 0 spiro atoms. The number of unbranched alkanes of at least 4 members (excludes halogenated alkanes) is 2. The summed E-state index contributed by atoms with van der Waals surface area (Å²) in [5.74, 6) is 1.78. The Bertz CT molecular complexity index is 909. The zero-order chi connectivity index (χ0) is 19.9. The summed E-state index contributed by atoms with van der Waals surface area (Å²) in [6.45, 7) is 8.24. The first kappa shape index (κ1) is 20.1. The summed E-state index contributed by atoms with van der Waals surface area (Å²) < 4.78 is 2.37. The number of hydrogen-bond donors (Lipinski definition) is 1. The van der Waals surface area contributed by atoms with Crippen LogP contribution in [-0.2, 0) is 13.0 Å². The lowest BCUT2D eigenvalue weighted by atomic mass is 10.1. The van der Waals surface area contributed by atoms with Crippen LogP contribution in [0.5, 0.6) is 0 Å². The highest BCUT2D eigenvalue weighted by atomic mass is 16.1. The van der Waals surface area contributed by atoms with Gasteiger partial charge in [0.15, 0.2) is 0 Å². The fourth-order valence-electron chi connectivity index (χ4n) is 3.48. The van der Waals surface area contributed by atoms with E-state index in [-0.39, 0.29) is 5.91 Å². The van der Waals surface area contributed by atoms with Crippen LogP contribution in [0, 0.1) is 12.8 Å². The summed E-state index contributed by atoms with van der Waals surface area (Å²) in [7, 11) is 0. The number of aryl methyl sites for hydroxylation is 2. The van der Waals surface area contributed by atoms with Crippen LogP contribution >= 0.6 is 0 Å². The number of rotatable bonds is 9. The van der Waals surface area contributed by atoms with Gasteiger partial charge in [-0.15, -0.1) is 0 Å². The minimum absolute atomic E-state index is 0.0127. The van der Waals surface area contributed by atoms with Gasteiger partial charge in [-0.05, 0) is 49.9 Å². The second-order valence-corrected chi connectivity index (χ2v) is 7.95. The summed E-state index contributed by atoms with van der Waals surface area (Å²) in [5, 5.41) is 3.02. The minimum atomic E-state index is 0.0127. The maximum absolute atomic E-state index is 12.1. The number of carbonyl (C=O) groups excluding carboxylic acids is 1. The van der Waals surface area contributed by atoms with Gasteiger partial charge in [0.05, 0.1) is 11.0 Å². The molecule has 0 bridgehead atoms. The zero-order valence-corrected chi connectivity index (χ0v) is 17.2. The summed E-state index contributed by atoms with van der Waals surface area (Å²) in [6.07, 6.45) is 4.14. The molecule has 1 N–H and O–H groups in total. The second kappa shape index (κ2) is 9.54. The van der Waals surface area contributed by atoms with Crippen LogP contribution in [0.3, 0.4) is 0 Å². The van der Waals surface area contributed by atoms with Crippen LogP contribution < -0.4 is 5.32 Å². The smallest absolute Gasteiger partial charge is 0.251 e. The molecule has 4 heteroatoms. The number of para-hydroxylation sites is 2. The number of imidazole rings is 1. The molecule has 3 aromatic rings. The van der Waals surface area contributed by atoms with Crippen molar-refractivity contribution in [2.75, 3.05) is 6.54 Å². The van der Waals surface area contributed by atoms with E-state index in [4.69, 9.17) is 4.98 Å². The molecular weight excluding hydrogens is 346 g/mol.